The van der Waals surface area contributed by atoms with Crippen LogP contribution in [0.2, 0.25) is 5.02 Å². The number of halogens is 2. The van der Waals surface area contributed by atoms with Crippen LogP contribution in [0.25, 0.3) is 11.3 Å². The van der Waals surface area contributed by atoms with Gasteiger partial charge in [-0.3, -0.25) is 0 Å². The summed E-state index contributed by atoms with van der Waals surface area (Å²) >= 11 is 9.59. The Kier molecular flexibility index (Phi) is 3.86. The Morgan fingerprint density at radius 2 is 2.24 bits per heavy atom. The molecule has 5 heteroatoms. The van der Waals surface area contributed by atoms with Crippen molar-refractivity contribution in [3.8, 4) is 11.3 Å². The van der Waals surface area contributed by atoms with Gasteiger partial charge in [0, 0.05) is 10.0 Å². The van der Waals surface area contributed by atoms with Crippen molar-refractivity contribution in [2.24, 2.45) is 0 Å². The lowest BCUT2D eigenvalue weighted by molar-refractivity contribution is 0.441. The predicted octanol–water partition coefficient (Wildman–Crippen LogP) is 4.04. The minimum atomic E-state index is 0.0784. The molecule has 0 radical (unpaired) electrons. The van der Waals surface area contributed by atoms with Crippen LogP contribution in [0.5, 0.6) is 0 Å². The molecule has 1 atom stereocenters. The largest absolute Gasteiger partial charge is 0.439 e. The van der Waals surface area contributed by atoms with Crippen molar-refractivity contribution in [2.75, 3.05) is 7.05 Å². The maximum absolute atomic E-state index is 6.20. The molecule has 1 aromatic carbocycles. The lowest BCUT2D eigenvalue weighted by atomic mass is 10.2. The van der Waals surface area contributed by atoms with Crippen LogP contribution in [0.4, 0.5) is 0 Å². The summed E-state index contributed by atoms with van der Waals surface area (Å²) in [7, 11) is 1.86. The van der Waals surface area contributed by atoms with Gasteiger partial charge in [-0.05, 0) is 42.0 Å². The molecule has 0 spiro atoms. The minimum absolute atomic E-state index is 0.0784. The summed E-state index contributed by atoms with van der Waals surface area (Å²) in [6.07, 6.45) is 1.69. The van der Waals surface area contributed by atoms with Crippen LogP contribution in [0.1, 0.15) is 18.9 Å². The molecule has 0 aliphatic heterocycles. The average Bonchev–Trinajstić information content (AvgIpc) is 2.81. The second-order valence-corrected chi connectivity index (χ2v) is 4.91. The van der Waals surface area contributed by atoms with Gasteiger partial charge in [0.15, 0.2) is 5.76 Å². The second-order valence-electron chi connectivity index (χ2n) is 3.67. The van der Waals surface area contributed by atoms with Crippen molar-refractivity contribution < 1.29 is 4.42 Å². The fourth-order valence-electron chi connectivity index (χ4n) is 1.43. The predicted molar refractivity (Wildman–Crippen MR) is 72.1 cm³/mol. The van der Waals surface area contributed by atoms with Crippen molar-refractivity contribution in [3.63, 3.8) is 0 Å². The first-order valence-electron chi connectivity index (χ1n) is 5.21. The van der Waals surface area contributed by atoms with E-state index in [1.54, 1.807) is 6.20 Å². The fourth-order valence-corrected chi connectivity index (χ4v) is 2.02. The lowest BCUT2D eigenvalue weighted by Crippen LogP contribution is -2.12. The van der Waals surface area contributed by atoms with E-state index in [0.29, 0.717) is 16.7 Å². The number of nitrogens with one attached hydrogen (secondary N) is 1. The maximum Gasteiger partial charge on any atom is 0.211 e. The Morgan fingerprint density at radius 3 is 2.94 bits per heavy atom. The molecule has 1 aromatic heterocycles. The molecule has 0 aliphatic carbocycles. The number of oxazole rings is 1. The van der Waals surface area contributed by atoms with Crippen LogP contribution < -0.4 is 5.32 Å². The third-order valence-electron chi connectivity index (χ3n) is 2.54. The van der Waals surface area contributed by atoms with Gasteiger partial charge >= 0.3 is 0 Å². The highest BCUT2D eigenvalue weighted by Gasteiger charge is 2.14. The molecule has 1 unspecified atom stereocenters. The first-order valence-corrected chi connectivity index (χ1v) is 6.38. The van der Waals surface area contributed by atoms with E-state index in [9.17, 15) is 0 Å². The van der Waals surface area contributed by atoms with Gasteiger partial charge < -0.3 is 9.73 Å². The Labute approximate surface area is 113 Å². The third-order valence-corrected chi connectivity index (χ3v) is 3.84. The van der Waals surface area contributed by atoms with Gasteiger partial charge in [0.1, 0.15) is 0 Å². The zero-order valence-corrected chi connectivity index (χ0v) is 11.8. The first kappa shape index (κ1) is 12.6. The van der Waals surface area contributed by atoms with E-state index in [1.165, 1.54) is 0 Å². The SMILES string of the molecule is CNC(C)c1ncc(-c2cccc(Br)c2Cl)o1. The molecule has 0 aliphatic rings. The van der Waals surface area contributed by atoms with E-state index in [2.05, 4.69) is 26.2 Å². The molecule has 1 N–H and O–H groups in total. The van der Waals surface area contributed by atoms with Crippen molar-refractivity contribution in [1.29, 1.82) is 0 Å². The fraction of sp³-hybridized carbons (Fsp3) is 0.250. The molecule has 0 fully saturated rings. The van der Waals surface area contributed by atoms with E-state index in [1.807, 2.05) is 32.2 Å². The molecule has 1 heterocycles. The molecule has 0 saturated heterocycles. The summed E-state index contributed by atoms with van der Waals surface area (Å²) in [5.74, 6) is 1.33. The van der Waals surface area contributed by atoms with Crippen LogP contribution >= 0.6 is 27.5 Å². The van der Waals surface area contributed by atoms with Crippen molar-refractivity contribution >= 4 is 27.5 Å². The molecule has 3 nitrogen and oxygen atoms in total. The third kappa shape index (κ3) is 2.54. The molecule has 2 aromatic rings. The zero-order chi connectivity index (χ0) is 12.4. The molecule has 17 heavy (non-hydrogen) atoms. The Hall–Kier alpha value is -0.840. The monoisotopic (exact) mass is 314 g/mol. The number of benzene rings is 1. The van der Waals surface area contributed by atoms with E-state index >= 15 is 0 Å². The summed E-state index contributed by atoms with van der Waals surface area (Å²) in [6.45, 7) is 1.98. The van der Waals surface area contributed by atoms with Gasteiger partial charge in [-0.2, -0.15) is 0 Å². The second kappa shape index (κ2) is 5.21. The number of nitrogens with zero attached hydrogens (tertiary/aromatic N) is 1. The summed E-state index contributed by atoms with van der Waals surface area (Å²) in [5.41, 5.74) is 0.836. The van der Waals surface area contributed by atoms with Crippen LogP contribution in [0.15, 0.2) is 33.3 Å². The van der Waals surface area contributed by atoms with Crippen molar-refractivity contribution in [3.05, 3.63) is 39.8 Å². The Balaban J connectivity index is 2.40. The number of hydrogen-bond donors (Lipinski definition) is 1. The number of rotatable bonds is 3. The summed E-state index contributed by atoms with van der Waals surface area (Å²) in [6, 6.07) is 5.78. The topological polar surface area (TPSA) is 38.1 Å². The molecule has 90 valence electrons. The van der Waals surface area contributed by atoms with Gasteiger partial charge in [0.2, 0.25) is 5.89 Å². The van der Waals surface area contributed by atoms with Gasteiger partial charge in [-0.15, -0.1) is 0 Å². The zero-order valence-electron chi connectivity index (χ0n) is 9.50. The molecular weight excluding hydrogens is 304 g/mol. The van der Waals surface area contributed by atoms with Crippen molar-refractivity contribution in [1.82, 2.24) is 10.3 Å². The van der Waals surface area contributed by atoms with E-state index in [4.69, 9.17) is 16.0 Å². The number of hydrogen-bond acceptors (Lipinski definition) is 3. The smallest absolute Gasteiger partial charge is 0.211 e. The van der Waals surface area contributed by atoms with Crippen LogP contribution in [0, 0.1) is 0 Å². The highest BCUT2D eigenvalue weighted by molar-refractivity contribution is 9.10. The quantitative estimate of drug-likeness (QED) is 0.929. The highest BCUT2D eigenvalue weighted by Crippen LogP contribution is 2.34. The summed E-state index contributed by atoms with van der Waals surface area (Å²) < 4.78 is 6.52. The van der Waals surface area contributed by atoms with Gasteiger partial charge in [-0.25, -0.2) is 4.98 Å². The van der Waals surface area contributed by atoms with E-state index < -0.39 is 0 Å². The summed E-state index contributed by atoms with van der Waals surface area (Å²) in [5, 5.41) is 3.71. The molecule has 0 saturated carbocycles. The normalized spacial score (nSPS) is 12.7. The minimum Gasteiger partial charge on any atom is -0.439 e. The Bertz CT molecular complexity index is 527. The maximum atomic E-state index is 6.20. The molecule has 2 rings (SSSR count). The van der Waals surface area contributed by atoms with E-state index in [0.717, 1.165) is 10.0 Å². The standard InChI is InChI=1S/C12H12BrClN2O/c1-7(15-2)12-16-6-10(17-12)8-4-3-5-9(13)11(8)14/h3-7,15H,1-2H3. The van der Waals surface area contributed by atoms with E-state index in [-0.39, 0.29) is 6.04 Å². The van der Waals surface area contributed by atoms with Gasteiger partial charge in [0.05, 0.1) is 17.3 Å². The van der Waals surface area contributed by atoms with Crippen molar-refractivity contribution in [2.45, 2.75) is 13.0 Å². The number of aromatic nitrogens is 1. The van der Waals surface area contributed by atoms with Crippen LogP contribution in [-0.4, -0.2) is 12.0 Å². The molecular formula is C12H12BrClN2O. The average molecular weight is 316 g/mol. The highest BCUT2D eigenvalue weighted by atomic mass is 79.9. The van der Waals surface area contributed by atoms with Gasteiger partial charge in [0.25, 0.3) is 0 Å². The van der Waals surface area contributed by atoms with Crippen LogP contribution in [0.3, 0.4) is 0 Å². The van der Waals surface area contributed by atoms with Crippen LogP contribution in [-0.2, 0) is 0 Å². The molecule has 0 bridgehead atoms. The summed E-state index contributed by atoms with van der Waals surface area (Å²) in [4.78, 5) is 4.23. The Morgan fingerprint density at radius 1 is 1.47 bits per heavy atom. The lowest BCUT2D eigenvalue weighted by Gasteiger charge is -2.05. The van der Waals surface area contributed by atoms with Gasteiger partial charge in [-0.1, -0.05) is 17.7 Å². The molecule has 0 amide bonds. The first-order chi connectivity index (χ1) is 8.13.